The Morgan fingerprint density at radius 2 is 1.89 bits per heavy atom. The molecule has 0 radical (unpaired) electrons. The lowest BCUT2D eigenvalue weighted by atomic mass is 9.90. The summed E-state index contributed by atoms with van der Waals surface area (Å²) in [4.78, 5) is 12.0. The largest absolute Gasteiger partial charge is 0.351 e. The Kier molecular flexibility index (Phi) is 5.42. The van der Waals surface area contributed by atoms with Gasteiger partial charge in [0.25, 0.3) is 5.91 Å². The lowest BCUT2D eigenvalue weighted by Gasteiger charge is -2.22. The first-order valence-electron chi connectivity index (χ1n) is 6.68. The van der Waals surface area contributed by atoms with Gasteiger partial charge in [0, 0.05) is 12.1 Å². The zero-order valence-corrected chi connectivity index (χ0v) is 13.3. The molecule has 1 unspecified atom stereocenters. The highest BCUT2D eigenvalue weighted by atomic mass is 35.5. The van der Waals surface area contributed by atoms with Crippen LogP contribution in [0.2, 0.25) is 0 Å². The van der Waals surface area contributed by atoms with Crippen LogP contribution in [-0.4, -0.2) is 17.8 Å². The van der Waals surface area contributed by atoms with E-state index in [1.54, 1.807) is 0 Å². The predicted molar refractivity (Wildman–Crippen MR) is 82.0 cm³/mol. The zero-order chi connectivity index (χ0) is 14.6. The molecule has 0 saturated heterocycles. The normalized spacial score (nSPS) is 13.2. The Balaban J connectivity index is 2.53. The summed E-state index contributed by atoms with van der Waals surface area (Å²) < 4.78 is 0. The molecule has 1 N–H and O–H groups in total. The lowest BCUT2D eigenvalue weighted by Crippen LogP contribution is -2.31. The maximum absolute atomic E-state index is 12.0. The van der Waals surface area contributed by atoms with E-state index in [4.69, 9.17) is 11.6 Å². The van der Waals surface area contributed by atoms with Gasteiger partial charge in [0.2, 0.25) is 0 Å². The van der Waals surface area contributed by atoms with E-state index in [9.17, 15) is 4.79 Å². The molecule has 0 aliphatic carbocycles. The SMILES string of the molecule is Cc1ccc(C(=O)NCC(Cl)CC(C)(C)C)cc1C. The summed E-state index contributed by atoms with van der Waals surface area (Å²) in [7, 11) is 0. The predicted octanol–water partition coefficient (Wildman–Crippen LogP) is 4.08. The molecule has 0 bridgehead atoms. The lowest BCUT2D eigenvalue weighted by molar-refractivity contribution is 0.0952. The van der Waals surface area contributed by atoms with Crippen molar-refractivity contribution in [2.45, 2.75) is 46.4 Å². The Bertz CT molecular complexity index is 449. The molecule has 0 heterocycles. The third-order valence-electron chi connectivity index (χ3n) is 3.09. The number of hydrogen-bond acceptors (Lipinski definition) is 1. The van der Waals surface area contributed by atoms with Gasteiger partial charge in [0.05, 0.1) is 5.38 Å². The van der Waals surface area contributed by atoms with Gasteiger partial charge in [-0.25, -0.2) is 0 Å². The molecule has 0 fully saturated rings. The van der Waals surface area contributed by atoms with Crippen molar-refractivity contribution in [2.75, 3.05) is 6.54 Å². The topological polar surface area (TPSA) is 29.1 Å². The molecule has 19 heavy (non-hydrogen) atoms. The van der Waals surface area contributed by atoms with Gasteiger partial charge >= 0.3 is 0 Å². The van der Waals surface area contributed by atoms with Gasteiger partial charge < -0.3 is 5.32 Å². The van der Waals surface area contributed by atoms with Crippen LogP contribution in [0.25, 0.3) is 0 Å². The van der Waals surface area contributed by atoms with Crippen molar-refractivity contribution in [1.29, 1.82) is 0 Å². The number of carbonyl (C=O) groups is 1. The quantitative estimate of drug-likeness (QED) is 0.828. The number of halogens is 1. The van der Waals surface area contributed by atoms with E-state index in [0.29, 0.717) is 12.1 Å². The van der Waals surface area contributed by atoms with Crippen molar-refractivity contribution in [2.24, 2.45) is 5.41 Å². The summed E-state index contributed by atoms with van der Waals surface area (Å²) in [5, 5.41) is 2.87. The van der Waals surface area contributed by atoms with Crippen LogP contribution >= 0.6 is 11.6 Å². The number of hydrogen-bond donors (Lipinski definition) is 1. The molecule has 1 aromatic carbocycles. The Hall–Kier alpha value is -1.02. The minimum Gasteiger partial charge on any atom is -0.351 e. The van der Waals surface area contributed by atoms with E-state index in [2.05, 4.69) is 26.1 Å². The Labute approximate surface area is 121 Å². The van der Waals surface area contributed by atoms with Crippen molar-refractivity contribution in [3.8, 4) is 0 Å². The first-order chi connectivity index (χ1) is 8.69. The summed E-state index contributed by atoms with van der Waals surface area (Å²) in [5.41, 5.74) is 3.20. The minimum absolute atomic E-state index is 0.0319. The monoisotopic (exact) mass is 281 g/mol. The van der Waals surface area contributed by atoms with Gasteiger partial charge in [-0.1, -0.05) is 26.8 Å². The van der Waals surface area contributed by atoms with Crippen molar-refractivity contribution >= 4 is 17.5 Å². The fourth-order valence-electron chi connectivity index (χ4n) is 1.92. The second-order valence-corrected chi connectivity index (χ2v) is 6.99. The van der Waals surface area contributed by atoms with E-state index >= 15 is 0 Å². The van der Waals surface area contributed by atoms with Crippen molar-refractivity contribution < 1.29 is 4.79 Å². The van der Waals surface area contributed by atoms with Crippen LogP contribution in [0.1, 0.15) is 48.7 Å². The van der Waals surface area contributed by atoms with Crippen LogP contribution in [0.3, 0.4) is 0 Å². The van der Waals surface area contributed by atoms with Gasteiger partial charge in [-0.05, 0) is 48.9 Å². The Morgan fingerprint density at radius 3 is 2.42 bits per heavy atom. The molecular weight excluding hydrogens is 258 g/mol. The third kappa shape index (κ3) is 5.65. The molecule has 0 saturated carbocycles. The molecule has 0 spiro atoms. The van der Waals surface area contributed by atoms with Gasteiger partial charge in [0.15, 0.2) is 0 Å². The average molecular weight is 282 g/mol. The van der Waals surface area contributed by atoms with Crippen LogP contribution < -0.4 is 5.32 Å². The van der Waals surface area contributed by atoms with Crippen LogP contribution in [0, 0.1) is 19.3 Å². The number of rotatable bonds is 4. The number of benzene rings is 1. The van der Waals surface area contributed by atoms with Gasteiger partial charge in [0.1, 0.15) is 0 Å². The first kappa shape index (κ1) is 16.0. The number of aryl methyl sites for hydroxylation is 2. The van der Waals surface area contributed by atoms with E-state index in [1.807, 2.05) is 32.0 Å². The van der Waals surface area contributed by atoms with E-state index in [0.717, 1.165) is 12.0 Å². The van der Waals surface area contributed by atoms with Crippen LogP contribution in [-0.2, 0) is 0 Å². The minimum atomic E-state index is -0.0531. The van der Waals surface area contributed by atoms with E-state index in [-0.39, 0.29) is 16.7 Å². The molecule has 1 atom stereocenters. The number of alkyl halides is 1. The second-order valence-electron chi connectivity index (χ2n) is 6.37. The molecule has 3 heteroatoms. The summed E-state index contributed by atoms with van der Waals surface area (Å²) in [6.45, 7) is 11.0. The molecule has 106 valence electrons. The molecular formula is C16H24ClNO. The van der Waals surface area contributed by atoms with E-state index < -0.39 is 0 Å². The first-order valence-corrected chi connectivity index (χ1v) is 7.12. The average Bonchev–Trinajstić information content (AvgIpc) is 2.27. The van der Waals surface area contributed by atoms with Crippen molar-refractivity contribution in [3.05, 3.63) is 34.9 Å². The van der Waals surface area contributed by atoms with Gasteiger partial charge in [-0.15, -0.1) is 11.6 Å². The zero-order valence-electron chi connectivity index (χ0n) is 12.5. The summed E-state index contributed by atoms with van der Waals surface area (Å²) in [6.07, 6.45) is 0.877. The molecule has 0 aliphatic rings. The fourth-order valence-corrected chi connectivity index (χ4v) is 2.46. The highest BCUT2D eigenvalue weighted by molar-refractivity contribution is 6.21. The highest BCUT2D eigenvalue weighted by Gasteiger charge is 2.17. The van der Waals surface area contributed by atoms with Crippen molar-refractivity contribution in [1.82, 2.24) is 5.32 Å². The number of carbonyl (C=O) groups excluding carboxylic acids is 1. The van der Waals surface area contributed by atoms with Crippen LogP contribution in [0.5, 0.6) is 0 Å². The van der Waals surface area contributed by atoms with Gasteiger partial charge in [-0.2, -0.15) is 0 Å². The Morgan fingerprint density at radius 1 is 1.26 bits per heavy atom. The van der Waals surface area contributed by atoms with Crippen LogP contribution in [0.15, 0.2) is 18.2 Å². The summed E-state index contributed by atoms with van der Waals surface area (Å²) in [5.74, 6) is -0.0531. The smallest absolute Gasteiger partial charge is 0.251 e. The molecule has 2 nitrogen and oxygen atoms in total. The standard InChI is InChI=1S/C16H24ClNO/c1-11-6-7-13(8-12(11)2)15(19)18-10-14(17)9-16(3,4)5/h6-8,14H,9-10H2,1-5H3,(H,18,19). The summed E-state index contributed by atoms with van der Waals surface area (Å²) >= 11 is 6.24. The maximum atomic E-state index is 12.0. The number of amides is 1. The third-order valence-corrected chi connectivity index (χ3v) is 3.40. The molecule has 1 amide bonds. The second kappa shape index (κ2) is 6.42. The molecule has 1 aromatic rings. The van der Waals surface area contributed by atoms with Crippen LogP contribution in [0.4, 0.5) is 0 Å². The van der Waals surface area contributed by atoms with E-state index in [1.165, 1.54) is 5.56 Å². The molecule has 0 aliphatic heterocycles. The summed E-state index contributed by atoms with van der Waals surface area (Å²) in [6, 6.07) is 5.74. The number of nitrogens with one attached hydrogen (secondary N) is 1. The highest BCUT2D eigenvalue weighted by Crippen LogP contribution is 2.23. The maximum Gasteiger partial charge on any atom is 0.251 e. The molecule has 1 rings (SSSR count). The molecule has 0 aromatic heterocycles. The fraction of sp³-hybridized carbons (Fsp3) is 0.562. The van der Waals surface area contributed by atoms with Crippen molar-refractivity contribution in [3.63, 3.8) is 0 Å². The van der Waals surface area contributed by atoms with Gasteiger partial charge in [-0.3, -0.25) is 4.79 Å².